The number of ether oxygens (including phenoxy) is 2. The maximum absolute atomic E-state index is 13.9. The number of halogens is 2. The van der Waals surface area contributed by atoms with Gasteiger partial charge in [0.15, 0.2) is 0 Å². The number of carbonyl (C=O) groups excluding carboxylic acids is 3. The van der Waals surface area contributed by atoms with E-state index in [2.05, 4.69) is 5.32 Å². The molecule has 2 aliphatic heterocycles. The molecule has 2 aromatic rings. The van der Waals surface area contributed by atoms with E-state index in [-0.39, 0.29) is 30.4 Å². The van der Waals surface area contributed by atoms with Crippen LogP contribution in [0.25, 0.3) is 0 Å². The molecule has 4 rings (SSSR count). The molecule has 2 saturated heterocycles. The van der Waals surface area contributed by atoms with Crippen molar-refractivity contribution in [3.05, 3.63) is 63.6 Å². The van der Waals surface area contributed by atoms with Gasteiger partial charge in [0.05, 0.1) is 23.8 Å². The number of carbonyl (C=O) groups is 3. The number of rotatable bonds is 6. The van der Waals surface area contributed by atoms with Crippen LogP contribution >= 0.6 is 23.2 Å². The van der Waals surface area contributed by atoms with Crippen LogP contribution in [0.5, 0.6) is 5.75 Å². The van der Waals surface area contributed by atoms with E-state index in [1.165, 1.54) is 7.11 Å². The third-order valence-electron chi connectivity index (χ3n) is 7.10. The third-order valence-corrected chi connectivity index (χ3v) is 7.84. The molecular formula is C27H31Cl2N3O5. The summed E-state index contributed by atoms with van der Waals surface area (Å²) in [5.74, 6) is -0.201. The molecule has 2 fully saturated rings. The Balaban J connectivity index is 1.59. The number of benzene rings is 2. The van der Waals surface area contributed by atoms with Crippen molar-refractivity contribution in [3.63, 3.8) is 0 Å². The van der Waals surface area contributed by atoms with Crippen LogP contribution in [0, 0.1) is 0 Å². The molecule has 37 heavy (non-hydrogen) atoms. The second-order valence-electron chi connectivity index (χ2n) is 9.42. The van der Waals surface area contributed by atoms with E-state index in [1.807, 2.05) is 13.8 Å². The van der Waals surface area contributed by atoms with Gasteiger partial charge in [-0.2, -0.15) is 0 Å². The van der Waals surface area contributed by atoms with Crippen LogP contribution in [-0.4, -0.2) is 72.1 Å². The summed E-state index contributed by atoms with van der Waals surface area (Å²) in [6.45, 7) is 4.68. The molecule has 10 heteroatoms. The van der Waals surface area contributed by atoms with Crippen LogP contribution in [0.4, 0.5) is 0 Å². The first-order valence-electron chi connectivity index (χ1n) is 12.4. The van der Waals surface area contributed by atoms with Gasteiger partial charge in [-0.25, -0.2) is 0 Å². The van der Waals surface area contributed by atoms with E-state index in [4.69, 9.17) is 32.7 Å². The molecule has 1 spiro atoms. The molecule has 0 saturated carbocycles. The molecule has 2 heterocycles. The average molecular weight is 548 g/mol. The summed E-state index contributed by atoms with van der Waals surface area (Å²) in [6.07, 6.45) is 1.49. The molecule has 2 aromatic carbocycles. The first-order valence-corrected chi connectivity index (χ1v) is 13.1. The Kier molecular flexibility index (Phi) is 8.31. The van der Waals surface area contributed by atoms with E-state index in [0.717, 1.165) is 6.42 Å². The summed E-state index contributed by atoms with van der Waals surface area (Å²) in [6, 6.07) is 10.8. The van der Waals surface area contributed by atoms with Crippen LogP contribution in [0.15, 0.2) is 42.5 Å². The van der Waals surface area contributed by atoms with Gasteiger partial charge in [-0.1, -0.05) is 36.2 Å². The molecule has 2 aliphatic rings. The van der Waals surface area contributed by atoms with Crippen molar-refractivity contribution in [2.24, 2.45) is 0 Å². The number of likely N-dealkylation sites (tertiary alicyclic amines) is 1. The van der Waals surface area contributed by atoms with Gasteiger partial charge in [0.2, 0.25) is 5.91 Å². The lowest BCUT2D eigenvalue weighted by Crippen LogP contribution is -2.60. The highest BCUT2D eigenvalue weighted by atomic mass is 35.5. The zero-order valence-electron chi connectivity index (χ0n) is 21.1. The number of nitrogens with zero attached hydrogens (tertiary/aromatic N) is 2. The fourth-order valence-corrected chi connectivity index (χ4v) is 5.07. The SMILES string of the molecule is CCC(C)NC(=O)C1COC2(CCN(C(=O)c3ccc(Cl)c(Cl)c3)CC2)N1C(=O)c1cccc(OC)c1. The third kappa shape index (κ3) is 5.56. The predicted octanol–water partition coefficient (Wildman–Crippen LogP) is 4.39. The Labute approximate surface area is 226 Å². The summed E-state index contributed by atoms with van der Waals surface area (Å²) in [4.78, 5) is 43.5. The maximum atomic E-state index is 13.9. The molecule has 0 aromatic heterocycles. The molecule has 0 bridgehead atoms. The van der Waals surface area contributed by atoms with Crippen LogP contribution < -0.4 is 10.1 Å². The molecule has 0 radical (unpaired) electrons. The minimum absolute atomic E-state index is 0.0384. The molecule has 198 valence electrons. The first kappa shape index (κ1) is 27.2. The van der Waals surface area contributed by atoms with Gasteiger partial charge in [0.1, 0.15) is 17.5 Å². The summed E-state index contributed by atoms with van der Waals surface area (Å²) in [7, 11) is 1.53. The molecule has 8 nitrogen and oxygen atoms in total. The number of piperidine rings is 1. The molecule has 2 atom stereocenters. The molecule has 1 N–H and O–H groups in total. The van der Waals surface area contributed by atoms with Crippen LogP contribution in [0.2, 0.25) is 10.0 Å². The molecule has 3 amide bonds. The topological polar surface area (TPSA) is 88.2 Å². The number of amides is 3. The summed E-state index contributed by atoms with van der Waals surface area (Å²) < 4.78 is 11.5. The Morgan fingerprint density at radius 2 is 1.78 bits per heavy atom. The van der Waals surface area contributed by atoms with Crippen molar-refractivity contribution in [2.45, 2.75) is 50.9 Å². The number of methoxy groups -OCH3 is 1. The average Bonchev–Trinajstić information content (AvgIpc) is 3.28. The lowest BCUT2D eigenvalue weighted by atomic mass is 9.96. The van der Waals surface area contributed by atoms with Crippen LogP contribution in [-0.2, 0) is 9.53 Å². The highest BCUT2D eigenvalue weighted by Crippen LogP contribution is 2.39. The van der Waals surface area contributed by atoms with Crippen LogP contribution in [0.1, 0.15) is 53.8 Å². The van der Waals surface area contributed by atoms with Gasteiger partial charge >= 0.3 is 0 Å². The largest absolute Gasteiger partial charge is 0.497 e. The quantitative estimate of drug-likeness (QED) is 0.579. The van der Waals surface area contributed by atoms with E-state index in [0.29, 0.717) is 52.9 Å². The van der Waals surface area contributed by atoms with Crippen molar-refractivity contribution in [2.75, 3.05) is 26.8 Å². The Hall–Kier alpha value is -2.81. The Bertz CT molecular complexity index is 1180. The smallest absolute Gasteiger partial charge is 0.257 e. The van der Waals surface area contributed by atoms with Crippen molar-refractivity contribution in [1.82, 2.24) is 15.1 Å². The number of hydrogen-bond donors (Lipinski definition) is 1. The summed E-state index contributed by atoms with van der Waals surface area (Å²) >= 11 is 12.1. The zero-order chi connectivity index (χ0) is 26.7. The van der Waals surface area contributed by atoms with Crippen molar-refractivity contribution >= 4 is 40.9 Å². The Morgan fingerprint density at radius 3 is 2.43 bits per heavy atom. The standard InChI is InChI=1S/C27H31Cl2N3O5/c1-4-17(2)30-24(33)23-16-37-27(32(23)26(35)18-6-5-7-20(14-18)36-3)10-12-31(13-11-27)25(34)19-8-9-21(28)22(29)15-19/h5-9,14-15,17,23H,4,10-13,16H2,1-3H3,(H,30,33). The number of nitrogens with one attached hydrogen (secondary N) is 1. The van der Waals surface area contributed by atoms with E-state index < -0.39 is 11.8 Å². The zero-order valence-corrected chi connectivity index (χ0v) is 22.6. The van der Waals surface area contributed by atoms with Gasteiger partial charge in [-0.15, -0.1) is 0 Å². The van der Waals surface area contributed by atoms with Gasteiger partial charge in [-0.05, 0) is 49.7 Å². The van der Waals surface area contributed by atoms with Gasteiger partial charge in [0, 0.05) is 43.1 Å². The fourth-order valence-electron chi connectivity index (χ4n) is 4.77. The maximum Gasteiger partial charge on any atom is 0.257 e. The first-order chi connectivity index (χ1) is 17.7. The predicted molar refractivity (Wildman–Crippen MR) is 141 cm³/mol. The molecular weight excluding hydrogens is 517 g/mol. The number of hydrogen-bond acceptors (Lipinski definition) is 5. The minimum Gasteiger partial charge on any atom is -0.497 e. The second-order valence-corrected chi connectivity index (χ2v) is 10.2. The normalized spacial score (nSPS) is 19.5. The highest BCUT2D eigenvalue weighted by molar-refractivity contribution is 6.42. The summed E-state index contributed by atoms with van der Waals surface area (Å²) in [5.41, 5.74) is -0.167. The molecule has 2 unspecified atom stereocenters. The van der Waals surface area contributed by atoms with Gasteiger partial charge in [0.25, 0.3) is 11.8 Å². The Morgan fingerprint density at radius 1 is 1.08 bits per heavy atom. The lowest BCUT2D eigenvalue weighted by Gasteiger charge is -2.44. The van der Waals surface area contributed by atoms with E-state index in [9.17, 15) is 14.4 Å². The lowest BCUT2D eigenvalue weighted by molar-refractivity contribution is -0.128. The second kappa shape index (κ2) is 11.3. The van der Waals surface area contributed by atoms with E-state index in [1.54, 1.807) is 52.3 Å². The van der Waals surface area contributed by atoms with Gasteiger partial charge in [-0.3, -0.25) is 19.3 Å². The van der Waals surface area contributed by atoms with E-state index >= 15 is 0 Å². The summed E-state index contributed by atoms with van der Waals surface area (Å²) in [5, 5.41) is 3.67. The molecule has 0 aliphatic carbocycles. The monoisotopic (exact) mass is 547 g/mol. The van der Waals surface area contributed by atoms with Crippen molar-refractivity contribution < 1.29 is 23.9 Å². The van der Waals surface area contributed by atoms with Crippen molar-refractivity contribution in [1.29, 1.82) is 0 Å². The minimum atomic E-state index is -1.01. The fraction of sp³-hybridized carbons (Fsp3) is 0.444. The van der Waals surface area contributed by atoms with Crippen LogP contribution in [0.3, 0.4) is 0 Å². The van der Waals surface area contributed by atoms with Crippen molar-refractivity contribution in [3.8, 4) is 5.75 Å². The highest BCUT2D eigenvalue weighted by Gasteiger charge is 2.54. The van der Waals surface area contributed by atoms with Gasteiger partial charge < -0.3 is 19.7 Å².